The van der Waals surface area contributed by atoms with Gasteiger partial charge in [0.1, 0.15) is 5.78 Å². The van der Waals surface area contributed by atoms with Crippen LogP contribution in [-0.4, -0.2) is 5.78 Å². The van der Waals surface area contributed by atoms with Gasteiger partial charge in [-0.3, -0.25) is 4.79 Å². The predicted octanol–water partition coefficient (Wildman–Crippen LogP) is 3.04. The molecule has 0 aliphatic heterocycles. The van der Waals surface area contributed by atoms with Crippen molar-refractivity contribution in [2.45, 2.75) is 47.5 Å². The molecular weight excluding hydrogens is 172 g/mol. The molecule has 0 bridgehead atoms. The smallest absolute Gasteiger partial charge is 0.138 e. The average molecular weight is 192 g/mol. The third-order valence-corrected chi connectivity index (χ3v) is 4.02. The summed E-state index contributed by atoms with van der Waals surface area (Å²) in [6.07, 6.45) is 1.34. The molecular formula is C13H20O. The second-order valence-corrected chi connectivity index (χ2v) is 5.27. The molecule has 1 rings (SSSR count). The minimum atomic E-state index is 0.184. The Morgan fingerprint density at radius 3 is 2.07 bits per heavy atom. The highest BCUT2D eigenvalue weighted by molar-refractivity contribution is 5.86. The molecule has 1 heteroatoms. The third-order valence-electron chi connectivity index (χ3n) is 4.02. The normalized spacial score (nSPS) is 22.4. The van der Waals surface area contributed by atoms with Crippen LogP contribution in [0.15, 0.2) is 0 Å². The highest BCUT2D eigenvalue weighted by Crippen LogP contribution is 2.68. The SMILES string of the molecule is CC#CCCC(=O)C1C(C)(C)C1(C)C. The van der Waals surface area contributed by atoms with Crippen molar-refractivity contribution in [3.05, 3.63) is 0 Å². The fourth-order valence-corrected chi connectivity index (χ4v) is 2.46. The zero-order chi connectivity index (χ0) is 11.0. The van der Waals surface area contributed by atoms with Gasteiger partial charge in [0.25, 0.3) is 0 Å². The molecule has 1 fully saturated rings. The molecule has 0 amide bonds. The first-order chi connectivity index (χ1) is 6.35. The molecule has 0 saturated heterocycles. The van der Waals surface area contributed by atoms with E-state index in [2.05, 4.69) is 39.5 Å². The Kier molecular flexibility index (Phi) is 2.76. The summed E-state index contributed by atoms with van der Waals surface area (Å²) in [6, 6.07) is 0. The Labute approximate surface area is 87.3 Å². The Hall–Kier alpha value is -0.770. The first kappa shape index (κ1) is 11.3. The molecule has 0 aromatic rings. The van der Waals surface area contributed by atoms with E-state index < -0.39 is 0 Å². The lowest BCUT2D eigenvalue weighted by molar-refractivity contribution is -0.121. The predicted molar refractivity (Wildman–Crippen MR) is 58.7 cm³/mol. The van der Waals surface area contributed by atoms with Crippen LogP contribution in [0.4, 0.5) is 0 Å². The van der Waals surface area contributed by atoms with E-state index >= 15 is 0 Å². The summed E-state index contributed by atoms with van der Waals surface area (Å²) >= 11 is 0. The van der Waals surface area contributed by atoms with Crippen molar-refractivity contribution in [2.24, 2.45) is 16.7 Å². The van der Waals surface area contributed by atoms with Gasteiger partial charge in [0.05, 0.1) is 0 Å². The molecule has 1 aliphatic rings. The third kappa shape index (κ3) is 1.59. The van der Waals surface area contributed by atoms with E-state index in [0.717, 1.165) is 6.42 Å². The molecule has 0 heterocycles. The first-order valence-corrected chi connectivity index (χ1v) is 5.28. The van der Waals surface area contributed by atoms with Crippen molar-refractivity contribution in [2.75, 3.05) is 0 Å². The van der Waals surface area contributed by atoms with Crippen LogP contribution in [-0.2, 0) is 4.79 Å². The van der Waals surface area contributed by atoms with Crippen LogP contribution in [0, 0.1) is 28.6 Å². The van der Waals surface area contributed by atoms with Crippen molar-refractivity contribution < 1.29 is 4.79 Å². The molecule has 1 nitrogen and oxygen atoms in total. The fraction of sp³-hybridized carbons (Fsp3) is 0.769. The van der Waals surface area contributed by atoms with Gasteiger partial charge in [-0.05, 0) is 17.8 Å². The van der Waals surface area contributed by atoms with E-state index in [1.807, 2.05) is 6.92 Å². The van der Waals surface area contributed by atoms with Gasteiger partial charge in [0.15, 0.2) is 0 Å². The van der Waals surface area contributed by atoms with Crippen LogP contribution >= 0.6 is 0 Å². The summed E-state index contributed by atoms with van der Waals surface area (Å²) in [5.74, 6) is 6.40. The minimum Gasteiger partial charge on any atom is -0.299 e. The number of ketones is 1. The molecule has 0 atom stereocenters. The van der Waals surface area contributed by atoms with Gasteiger partial charge >= 0.3 is 0 Å². The van der Waals surface area contributed by atoms with Crippen molar-refractivity contribution in [1.29, 1.82) is 0 Å². The van der Waals surface area contributed by atoms with Crippen molar-refractivity contribution in [3.8, 4) is 11.8 Å². The molecule has 1 saturated carbocycles. The highest BCUT2D eigenvalue weighted by Gasteiger charge is 2.67. The zero-order valence-electron chi connectivity index (χ0n) is 9.90. The van der Waals surface area contributed by atoms with Gasteiger partial charge < -0.3 is 0 Å². The summed E-state index contributed by atoms with van der Waals surface area (Å²) in [4.78, 5) is 11.8. The van der Waals surface area contributed by atoms with Crippen molar-refractivity contribution in [3.63, 3.8) is 0 Å². The van der Waals surface area contributed by atoms with Crippen LogP contribution in [0.2, 0.25) is 0 Å². The average Bonchev–Trinajstić information content (AvgIpc) is 2.43. The molecule has 0 aromatic heterocycles. The lowest BCUT2D eigenvalue weighted by atomic mass is 10.0. The van der Waals surface area contributed by atoms with Crippen LogP contribution < -0.4 is 0 Å². The molecule has 14 heavy (non-hydrogen) atoms. The van der Waals surface area contributed by atoms with Gasteiger partial charge in [0, 0.05) is 18.8 Å². The molecule has 0 N–H and O–H groups in total. The van der Waals surface area contributed by atoms with Gasteiger partial charge in [-0.15, -0.1) is 11.8 Å². The maximum atomic E-state index is 11.8. The Morgan fingerprint density at radius 1 is 1.21 bits per heavy atom. The Balaban J connectivity index is 2.52. The first-order valence-electron chi connectivity index (χ1n) is 5.28. The molecule has 0 aromatic carbocycles. The van der Waals surface area contributed by atoms with Gasteiger partial charge in [-0.25, -0.2) is 0 Å². The largest absolute Gasteiger partial charge is 0.299 e. The maximum Gasteiger partial charge on any atom is 0.138 e. The van der Waals surface area contributed by atoms with E-state index in [9.17, 15) is 4.79 Å². The highest BCUT2D eigenvalue weighted by atomic mass is 16.1. The standard InChI is InChI=1S/C13H20O/c1-6-7-8-9-10(14)11-12(2,3)13(11,4)5/h11H,8-9H2,1-5H3. The Morgan fingerprint density at radius 2 is 1.71 bits per heavy atom. The summed E-state index contributed by atoms with van der Waals surface area (Å²) in [6.45, 7) is 10.5. The quantitative estimate of drug-likeness (QED) is 0.628. The minimum absolute atomic E-state index is 0.184. The number of rotatable bonds is 3. The van der Waals surface area contributed by atoms with Crippen LogP contribution in [0.25, 0.3) is 0 Å². The molecule has 78 valence electrons. The number of carbonyl (C=O) groups excluding carboxylic acids is 1. The van der Waals surface area contributed by atoms with E-state index in [1.165, 1.54) is 0 Å². The van der Waals surface area contributed by atoms with E-state index in [-0.39, 0.29) is 16.7 Å². The Bertz CT molecular complexity index is 285. The lowest BCUT2D eigenvalue weighted by Gasteiger charge is -2.03. The summed E-state index contributed by atoms with van der Waals surface area (Å²) < 4.78 is 0. The van der Waals surface area contributed by atoms with Gasteiger partial charge in [0.2, 0.25) is 0 Å². The number of hydrogen-bond acceptors (Lipinski definition) is 1. The molecule has 0 spiro atoms. The number of hydrogen-bond donors (Lipinski definition) is 0. The zero-order valence-corrected chi connectivity index (χ0v) is 9.90. The van der Waals surface area contributed by atoms with Gasteiger partial charge in [-0.1, -0.05) is 27.7 Å². The van der Waals surface area contributed by atoms with E-state index in [1.54, 1.807) is 0 Å². The molecule has 0 unspecified atom stereocenters. The van der Waals surface area contributed by atoms with E-state index in [4.69, 9.17) is 0 Å². The summed E-state index contributed by atoms with van der Waals surface area (Å²) in [7, 11) is 0. The lowest BCUT2D eigenvalue weighted by Crippen LogP contribution is -2.05. The van der Waals surface area contributed by atoms with Crippen molar-refractivity contribution >= 4 is 5.78 Å². The van der Waals surface area contributed by atoms with E-state index in [0.29, 0.717) is 12.2 Å². The van der Waals surface area contributed by atoms with Crippen LogP contribution in [0.1, 0.15) is 47.5 Å². The molecule has 0 radical (unpaired) electrons. The monoisotopic (exact) mass is 192 g/mol. The fourth-order valence-electron chi connectivity index (χ4n) is 2.46. The van der Waals surface area contributed by atoms with Gasteiger partial charge in [-0.2, -0.15) is 0 Å². The van der Waals surface area contributed by atoms with Crippen molar-refractivity contribution in [1.82, 2.24) is 0 Å². The number of carbonyl (C=O) groups is 1. The molecule has 1 aliphatic carbocycles. The second kappa shape index (κ2) is 3.42. The summed E-state index contributed by atoms with van der Waals surface area (Å²) in [5, 5.41) is 0. The number of Topliss-reactive ketones (excluding diaryl/α,β-unsaturated/α-hetero) is 1. The van der Waals surface area contributed by atoms with Crippen LogP contribution in [0.3, 0.4) is 0 Å². The maximum absolute atomic E-state index is 11.8. The van der Waals surface area contributed by atoms with Crippen LogP contribution in [0.5, 0.6) is 0 Å². The second-order valence-electron chi connectivity index (χ2n) is 5.27. The topological polar surface area (TPSA) is 17.1 Å². The summed E-state index contributed by atoms with van der Waals surface area (Å²) in [5.41, 5.74) is 0.369.